The van der Waals surface area contributed by atoms with Gasteiger partial charge in [0, 0.05) is 31.4 Å². The highest BCUT2D eigenvalue weighted by atomic mass is 32.2. The van der Waals surface area contributed by atoms with Crippen molar-refractivity contribution in [3.05, 3.63) is 29.6 Å². The summed E-state index contributed by atoms with van der Waals surface area (Å²) in [7, 11) is 1.60. The van der Waals surface area contributed by atoms with E-state index in [1.54, 1.807) is 18.0 Å². The molecule has 0 radical (unpaired) electrons. The summed E-state index contributed by atoms with van der Waals surface area (Å²) in [6.07, 6.45) is 3.11. The monoisotopic (exact) mass is 481 g/mol. The maximum atomic E-state index is 14.3. The Kier molecular flexibility index (Phi) is 9.87. The molecule has 2 rings (SSSR count). The molecule has 7 nitrogen and oxygen atoms in total. The van der Waals surface area contributed by atoms with E-state index in [4.69, 9.17) is 9.47 Å². The molecule has 1 aliphatic heterocycles. The van der Waals surface area contributed by atoms with Crippen molar-refractivity contribution in [1.29, 1.82) is 0 Å². The first-order valence-electron chi connectivity index (χ1n) is 11.2. The summed E-state index contributed by atoms with van der Waals surface area (Å²) < 4.78 is 37.6. The number of rotatable bonds is 6. The molecule has 33 heavy (non-hydrogen) atoms. The topological polar surface area (TPSA) is 86.5 Å². The first kappa shape index (κ1) is 27.3. The van der Waals surface area contributed by atoms with Gasteiger partial charge in [-0.1, -0.05) is 6.92 Å². The number of carbonyl (C=O) groups is 1. The van der Waals surface area contributed by atoms with Crippen LogP contribution in [0.4, 0.5) is 9.18 Å². The molecule has 0 saturated carbocycles. The van der Waals surface area contributed by atoms with Crippen molar-refractivity contribution in [2.75, 3.05) is 26.4 Å². The van der Waals surface area contributed by atoms with E-state index in [1.165, 1.54) is 18.4 Å². The fourth-order valence-corrected chi connectivity index (χ4v) is 4.17. The van der Waals surface area contributed by atoms with Crippen molar-refractivity contribution < 1.29 is 23.2 Å². The van der Waals surface area contributed by atoms with Gasteiger partial charge in [-0.25, -0.2) is 14.2 Å². The molecule has 1 saturated heterocycles. The van der Waals surface area contributed by atoms with E-state index in [0.717, 1.165) is 25.0 Å². The van der Waals surface area contributed by atoms with Gasteiger partial charge in [0.2, 0.25) is 0 Å². The zero-order valence-corrected chi connectivity index (χ0v) is 21.5. The molecule has 0 N–H and O–H groups in total. The number of benzene rings is 1. The smallest absolute Gasteiger partial charge is 0.410 e. The summed E-state index contributed by atoms with van der Waals surface area (Å²) >= 11 is -1.40. The number of nitrogens with zero attached hydrogens (tertiary/aromatic N) is 3. The van der Waals surface area contributed by atoms with Crippen molar-refractivity contribution >= 4 is 28.8 Å². The summed E-state index contributed by atoms with van der Waals surface area (Å²) in [5, 5.41) is 0. The molecule has 2 unspecified atom stereocenters. The Hall–Kier alpha value is -1.97. The number of amides is 1. The number of piperidine rings is 1. The third-order valence-corrected chi connectivity index (χ3v) is 6.23. The van der Waals surface area contributed by atoms with E-state index in [-0.39, 0.29) is 23.2 Å². The lowest BCUT2D eigenvalue weighted by atomic mass is 10.1. The van der Waals surface area contributed by atoms with Gasteiger partial charge in [0.05, 0.1) is 12.2 Å². The molecule has 0 bridgehead atoms. The standard InChI is InChI=1S/C24H36FN3O4S/c1-8-20(31-18-11-13-28(14-12-18)23(29)32-24(3,4)5)16(2)27-22(26-6)17-9-10-21(33(7)30)19(25)15-17/h9-10,15,18,20H,8,11-14H2,1-7H3/b26-22-,27-16+. The Morgan fingerprint density at radius 2 is 1.97 bits per heavy atom. The van der Waals surface area contributed by atoms with E-state index < -0.39 is 22.6 Å². The van der Waals surface area contributed by atoms with Crippen LogP contribution in [0, 0.1) is 5.82 Å². The minimum atomic E-state index is -1.40. The van der Waals surface area contributed by atoms with Crippen LogP contribution in [-0.2, 0) is 20.6 Å². The molecule has 184 valence electrons. The minimum Gasteiger partial charge on any atom is -0.612 e. The lowest BCUT2D eigenvalue weighted by Crippen LogP contribution is -2.44. The van der Waals surface area contributed by atoms with Gasteiger partial charge in [-0.15, -0.1) is 0 Å². The molecule has 0 aliphatic carbocycles. The lowest BCUT2D eigenvalue weighted by molar-refractivity contribution is -0.0257. The van der Waals surface area contributed by atoms with E-state index in [9.17, 15) is 13.7 Å². The molecular formula is C24H36FN3O4S. The van der Waals surface area contributed by atoms with Crippen LogP contribution in [0.2, 0.25) is 0 Å². The highest BCUT2D eigenvalue weighted by Crippen LogP contribution is 2.21. The molecule has 1 fully saturated rings. The van der Waals surface area contributed by atoms with Gasteiger partial charge in [-0.2, -0.15) is 0 Å². The Morgan fingerprint density at radius 1 is 1.33 bits per heavy atom. The molecular weight excluding hydrogens is 445 g/mol. The predicted molar refractivity (Wildman–Crippen MR) is 130 cm³/mol. The number of hydrogen-bond acceptors (Lipinski definition) is 5. The van der Waals surface area contributed by atoms with Crippen LogP contribution < -0.4 is 0 Å². The second-order valence-corrected chi connectivity index (χ2v) is 10.4. The zero-order chi connectivity index (χ0) is 24.8. The fourth-order valence-electron chi connectivity index (χ4n) is 3.58. The Bertz CT molecular complexity index is 875. The Labute approximate surface area is 199 Å². The average Bonchev–Trinajstić information content (AvgIpc) is 2.74. The van der Waals surface area contributed by atoms with Crippen molar-refractivity contribution in [1.82, 2.24) is 4.90 Å². The van der Waals surface area contributed by atoms with E-state index >= 15 is 0 Å². The second-order valence-electron chi connectivity index (χ2n) is 9.10. The van der Waals surface area contributed by atoms with E-state index in [2.05, 4.69) is 9.98 Å². The third kappa shape index (κ3) is 8.08. The average molecular weight is 482 g/mol. The SMILES string of the molecule is CCC(OC1CCN(C(=O)OC(C)(C)C)CC1)/C(C)=N/C(=N\C)c1ccc([S+](C)[O-])c(F)c1. The second kappa shape index (κ2) is 11.9. The molecule has 0 spiro atoms. The van der Waals surface area contributed by atoms with Crippen LogP contribution in [0.1, 0.15) is 59.4 Å². The van der Waals surface area contributed by atoms with Crippen LogP contribution >= 0.6 is 0 Å². The van der Waals surface area contributed by atoms with Crippen LogP contribution in [0.3, 0.4) is 0 Å². The molecule has 0 aromatic heterocycles. The van der Waals surface area contributed by atoms with Crippen LogP contribution in [-0.4, -0.2) is 71.3 Å². The molecule has 9 heteroatoms. The van der Waals surface area contributed by atoms with Crippen molar-refractivity contribution in [3.8, 4) is 0 Å². The van der Waals surface area contributed by atoms with Gasteiger partial charge in [-0.3, -0.25) is 4.99 Å². The van der Waals surface area contributed by atoms with Crippen LogP contribution in [0.25, 0.3) is 0 Å². The Balaban J connectivity index is 2.02. The van der Waals surface area contributed by atoms with Crippen molar-refractivity contribution in [2.24, 2.45) is 9.98 Å². The number of ether oxygens (including phenoxy) is 2. The fraction of sp³-hybridized carbons (Fsp3) is 0.625. The van der Waals surface area contributed by atoms with Gasteiger partial charge in [0.1, 0.15) is 11.9 Å². The van der Waals surface area contributed by atoms with Crippen molar-refractivity contribution in [3.63, 3.8) is 0 Å². The molecule has 1 aliphatic rings. The third-order valence-electron chi connectivity index (χ3n) is 5.28. The number of carbonyl (C=O) groups excluding carboxylic acids is 1. The van der Waals surface area contributed by atoms with Crippen LogP contribution in [0.15, 0.2) is 33.1 Å². The first-order chi connectivity index (χ1) is 15.4. The van der Waals surface area contributed by atoms with Gasteiger partial charge < -0.3 is 18.9 Å². The molecule has 1 amide bonds. The summed E-state index contributed by atoms with van der Waals surface area (Å²) in [5.41, 5.74) is 0.751. The molecule has 1 heterocycles. The molecule has 1 aromatic rings. The lowest BCUT2D eigenvalue weighted by Gasteiger charge is -2.34. The maximum absolute atomic E-state index is 14.3. The number of halogens is 1. The van der Waals surface area contributed by atoms with Gasteiger partial charge in [-0.05, 0) is 76.3 Å². The normalized spacial score (nSPS) is 18.3. The van der Waals surface area contributed by atoms with Gasteiger partial charge >= 0.3 is 6.09 Å². The van der Waals surface area contributed by atoms with Gasteiger partial charge in [0.15, 0.2) is 16.5 Å². The number of hydrogen-bond donors (Lipinski definition) is 0. The zero-order valence-electron chi connectivity index (χ0n) is 20.7. The largest absolute Gasteiger partial charge is 0.612 e. The maximum Gasteiger partial charge on any atom is 0.410 e. The predicted octanol–water partition coefficient (Wildman–Crippen LogP) is 4.60. The summed E-state index contributed by atoms with van der Waals surface area (Å²) in [6.45, 7) is 10.6. The summed E-state index contributed by atoms with van der Waals surface area (Å²) in [5.74, 6) is -0.149. The molecule has 1 aromatic carbocycles. The van der Waals surface area contributed by atoms with Gasteiger partial charge in [0.25, 0.3) is 0 Å². The first-order valence-corrected chi connectivity index (χ1v) is 12.8. The Morgan fingerprint density at radius 3 is 2.45 bits per heavy atom. The van der Waals surface area contributed by atoms with Crippen LogP contribution in [0.5, 0.6) is 0 Å². The quantitative estimate of drug-likeness (QED) is 0.338. The van der Waals surface area contributed by atoms with E-state index in [1.807, 2.05) is 34.6 Å². The highest BCUT2D eigenvalue weighted by molar-refractivity contribution is 7.90. The summed E-state index contributed by atoms with van der Waals surface area (Å²) in [4.78, 5) is 23.0. The van der Waals surface area contributed by atoms with E-state index in [0.29, 0.717) is 24.5 Å². The van der Waals surface area contributed by atoms with Crippen molar-refractivity contribution in [2.45, 2.75) is 76.6 Å². The number of amidine groups is 1. The molecule has 2 atom stereocenters. The number of likely N-dealkylation sites (tertiary alicyclic amines) is 1. The summed E-state index contributed by atoms with van der Waals surface area (Å²) in [6, 6.07) is 4.49. The minimum absolute atomic E-state index is 0.0112. The number of aliphatic imine (C=N–C) groups is 2. The highest BCUT2D eigenvalue weighted by Gasteiger charge is 2.29.